The summed E-state index contributed by atoms with van der Waals surface area (Å²) >= 11 is 4.93. The third-order valence-corrected chi connectivity index (χ3v) is 3.63. The van der Waals surface area contributed by atoms with Gasteiger partial charge in [-0.1, -0.05) is 0 Å². The van der Waals surface area contributed by atoms with Gasteiger partial charge in [0, 0.05) is 11.3 Å². The van der Waals surface area contributed by atoms with Crippen molar-refractivity contribution in [1.29, 1.82) is 0 Å². The molecule has 1 rings (SSSR count). The minimum absolute atomic E-state index is 0.218. The second-order valence-electron chi connectivity index (χ2n) is 2.70. The van der Waals surface area contributed by atoms with Crippen LogP contribution in [-0.4, -0.2) is 16.1 Å². The van der Waals surface area contributed by atoms with Crippen LogP contribution in [0.15, 0.2) is 4.60 Å². The highest BCUT2D eigenvalue weighted by atomic mass is 79.9. The lowest BCUT2D eigenvalue weighted by molar-refractivity contribution is -0.137. The fraction of sp³-hybridized carbons (Fsp3) is 0.500. The van der Waals surface area contributed by atoms with Crippen LogP contribution in [0.5, 0.6) is 0 Å². The third kappa shape index (κ3) is 3.44. The minimum Gasteiger partial charge on any atom is -0.481 e. The van der Waals surface area contributed by atoms with Crippen LogP contribution < -0.4 is 0 Å². The standard InChI is InChI=1S/C8H10BrNO2S/c1-5-8(9)10-6(13-5)3-2-4-7(11)12/h2-4H2,1H3,(H,11,12). The van der Waals surface area contributed by atoms with E-state index in [4.69, 9.17) is 5.11 Å². The van der Waals surface area contributed by atoms with E-state index in [-0.39, 0.29) is 6.42 Å². The highest BCUT2D eigenvalue weighted by Gasteiger charge is 2.05. The Hall–Kier alpha value is -0.420. The van der Waals surface area contributed by atoms with Gasteiger partial charge in [-0.15, -0.1) is 11.3 Å². The van der Waals surface area contributed by atoms with E-state index in [1.807, 2.05) is 6.92 Å². The molecule has 1 heterocycles. The van der Waals surface area contributed by atoms with E-state index in [1.165, 1.54) is 0 Å². The molecular weight excluding hydrogens is 254 g/mol. The van der Waals surface area contributed by atoms with E-state index in [0.717, 1.165) is 20.9 Å². The monoisotopic (exact) mass is 263 g/mol. The van der Waals surface area contributed by atoms with Crippen molar-refractivity contribution in [1.82, 2.24) is 4.98 Å². The number of carboxylic acid groups (broad SMARTS) is 1. The average Bonchev–Trinajstić information content (AvgIpc) is 2.30. The maximum Gasteiger partial charge on any atom is 0.303 e. The van der Waals surface area contributed by atoms with Crippen molar-refractivity contribution in [2.75, 3.05) is 0 Å². The van der Waals surface area contributed by atoms with Crippen molar-refractivity contribution >= 4 is 33.2 Å². The van der Waals surface area contributed by atoms with E-state index in [2.05, 4.69) is 20.9 Å². The van der Waals surface area contributed by atoms with Crippen LogP contribution in [0.2, 0.25) is 0 Å². The van der Waals surface area contributed by atoms with Crippen LogP contribution in [0.25, 0.3) is 0 Å². The molecular formula is C8H10BrNO2S. The number of halogens is 1. The first-order valence-corrected chi connectivity index (χ1v) is 5.54. The predicted octanol–water partition coefficient (Wildman–Crippen LogP) is 2.62. The van der Waals surface area contributed by atoms with Crippen molar-refractivity contribution in [2.24, 2.45) is 0 Å². The molecule has 0 amide bonds. The molecule has 0 aromatic carbocycles. The Bertz CT molecular complexity index is 292. The maximum absolute atomic E-state index is 10.2. The van der Waals surface area contributed by atoms with E-state index < -0.39 is 5.97 Å². The van der Waals surface area contributed by atoms with Crippen LogP contribution in [0, 0.1) is 6.92 Å². The summed E-state index contributed by atoms with van der Waals surface area (Å²) in [6, 6.07) is 0. The highest BCUT2D eigenvalue weighted by molar-refractivity contribution is 9.10. The first kappa shape index (κ1) is 10.7. The number of nitrogens with zero attached hydrogens (tertiary/aromatic N) is 1. The molecule has 0 radical (unpaired) electrons. The van der Waals surface area contributed by atoms with Gasteiger partial charge >= 0.3 is 5.97 Å². The van der Waals surface area contributed by atoms with Gasteiger partial charge in [-0.25, -0.2) is 4.98 Å². The first-order valence-electron chi connectivity index (χ1n) is 3.93. The number of hydrogen-bond acceptors (Lipinski definition) is 3. The normalized spacial score (nSPS) is 10.3. The molecule has 0 atom stereocenters. The SMILES string of the molecule is Cc1sc(CCCC(=O)O)nc1Br. The average molecular weight is 264 g/mol. The van der Waals surface area contributed by atoms with E-state index >= 15 is 0 Å². The summed E-state index contributed by atoms with van der Waals surface area (Å²) in [7, 11) is 0. The molecule has 1 aromatic rings. The predicted molar refractivity (Wildman–Crippen MR) is 55.1 cm³/mol. The van der Waals surface area contributed by atoms with Crippen molar-refractivity contribution in [3.63, 3.8) is 0 Å². The number of rotatable bonds is 4. The van der Waals surface area contributed by atoms with Crippen LogP contribution in [-0.2, 0) is 11.2 Å². The van der Waals surface area contributed by atoms with Crippen LogP contribution >= 0.6 is 27.3 Å². The number of thiazole rings is 1. The maximum atomic E-state index is 10.2. The van der Waals surface area contributed by atoms with Crippen LogP contribution in [0.1, 0.15) is 22.7 Å². The fourth-order valence-electron chi connectivity index (χ4n) is 0.928. The molecule has 0 aliphatic rings. The molecule has 0 fully saturated rings. The zero-order chi connectivity index (χ0) is 9.84. The molecule has 1 N–H and O–H groups in total. The zero-order valence-corrected chi connectivity index (χ0v) is 9.61. The van der Waals surface area contributed by atoms with E-state index in [9.17, 15) is 4.79 Å². The van der Waals surface area contributed by atoms with Crippen LogP contribution in [0.4, 0.5) is 0 Å². The molecule has 0 unspecified atom stereocenters. The second-order valence-corrected chi connectivity index (χ2v) is 4.74. The lowest BCUT2D eigenvalue weighted by Gasteiger charge is -1.91. The zero-order valence-electron chi connectivity index (χ0n) is 7.21. The Morgan fingerprint density at radius 2 is 2.38 bits per heavy atom. The molecule has 0 saturated carbocycles. The molecule has 0 aliphatic carbocycles. The summed E-state index contributed by atoms with van der Waals surface area (Å²) in [5, 5.41) is 9.43. The topological polar surface area (TPSA) is 50.2 Å². The number of hydrogen-bond donors (Lipinski definition) is 1. The number of carboxylic acids is 1. The summed E-state index contributed by atoms with van der Waals surface area (Å²) < 4.78 is 0.878. The van der Waals surface area contributed by atoms with Crippen LogP contribution in [0.3, 0.4) is 0 Å². The smallest absolute Gasteiger partial charge is 0.303 e. The Balaban J connectivity index is 2.41. The fourth-order valence-corrected chi connectivity index (χ4v) is 2.37. The molecule has 0 aliphatic heterocycles. The van der Waals surface area contributed by atoms with Crippen molar-refractivity contribution in [3.05, 3.63) is 14.5 Å². The Morgan fingerprint density at radius 1 is 1.69 bits per heavy atom. The molecule has 1 aromatic heterocycles. The summed E-state index contributed by atoms with van der Waals surface area (Å²) in [6.07, 6.45) is 1.63. The number of carbonyl (C=O) groups is 1. The number of aliphatic carboxylic acids is 1. The minimum atomic E-state index is -0.743. The number of aromatic nitrogens is 1. The van der Waals surface area contributed by atoms with Gasteiger partial charge in [-0.3, -0.25) is 4.79 Å². The quantitative estimate of drug-likeness (QED) is 0.909. The van der Waals surface area contributed by atoms with Gasteiger partial charge in [-0.2, -0.15) is 0 Å². The Kier molecular flexibility index (Phi) is 3.87. The Morgan fingerprint density at radius 3 is 2.85 bits per heavy atom. The van der Waals surface area contributed by atoms with Crippen molar-refractivity contribution in [2.45, 2.75) is 26.2 Å². The Labute approximate surface area is 88.9 Å². The van der Waals surface area contributed by atoms with Gasteiger partial charge in [0.15, 0.2) is 0 Å². The lowest BCUT2D eigenvalue weighted by Crippen LogP contribution is -1.95. The molecule has 0 saturated heterocycles. The summed E-state index contributed by atoms with van der Waals surface area (Å²) in [6.45, 7) is 1.99. The lowest BCUT2D eigenvalue weighted by atomic mass is 10.2. The van der Waals surface area contributed by atoms with Crippen molar-refractivity contribution in [3.8, 4) is 0 Å². The molecule has 5 heteroatoms. The van der Waals surface area contributed by atoms with E-state index in [1.54, 1.807) is 11.3 Å². The number of aryl methyl sites for hydroxylation is 2. The first-order chi connectivity index (χ1) is 6.09. The van der Waals surface area contributed by atoms with Gasteiger partial charge in [0.05, 0.1) is 5.01 Å². The summed E-state index contributed by atoms with van der Waals surface area (Å²) in [5.41, 5.74) is 0. The van der Waals surface area contributed by atoms with Gasteiger partial charge in [-0.05, 0) is 35.7 Å². The largest absolute Gasteiger partial charge is 0.481 e. The molecule has 0 spiro atoms. The van der Waals surface area contributed by atoms with Gasteiger partial charge in [0.25, 0.3) is 0 Å². The molecule has 72 valence electrons. The molecule has 13 heavy (non-hydrogen) atoms. The third-order valence-electron chi connectivity index (χ3n) is 1.57. The second kappa shape index (κ2) is 4.72. The van der Waals surface area contributed by atoms with E-state index in [0.29, 0.717) is 6.42 Å². The molecule has 0 bridgehead atoms. The van der Waals surface area contributed by atoms with Gasteiger partial charge in [0.2, 0.25) is 0 Å². The van der Waals surface area contributed by atoms with Gasteiger partial charge < -0.3 is 5.11 Å². The van der Waals surface area contributed by atoms with Gasteiger partial charge in [0.1, 0.15) is 4.60 Å². The summed E-state index contributed by atoms with van der Waals surface area (Å²) in [5.74, 6) is -0.743. The molecule has 3 nitrogen and oxygen atoms in total. The summed E-state index contributed by atoms with van der Waals surface area (Å²) in [4.78, 5) is 15.6. The highest BCUT2D eigenvalue weighted by Crippen LogP contribution is 2.23. The van der Waals surface area contributed by atoms with Crippen molar-refractivity contribution < 1.29 is 9.90 Å².